The lowest BCUT2D eigenvalue weighted by Gasteiger charge is -2.17. The van der Waals surface area contributed by atoms with Crippen LogP contribution in [0.15, 0.2) is 82.6 Å². The molecule has 3 aromatic carbocycles. The Labute approximate surface area is 258 Å². The van der Waals surface area contributed by atoms with E-state index in [0.29, 0.717) is 30.2 Å². The molecule has 228 valence electrons. The molecule has 0 aliphatic heterocycles. The molecule has 0 spiro atoms. The largest absolute Gasteiger partial charge is 0.379 e. The van der Waals surface area contributed by atoms with Gasteiger partial charge in [0.25, 0.3) is 21.6 Å². The zero-order chi connectivity index (χ0) is 31.4. The maximum atomic E-state index is 12.9. The predicted octanol–water partition coefficient (Wildman–Crippen LogP) is 4.11. The van der Waals surface area contributed by atoms with Crippen LogP contribution in [0.3, 0.4) is 0 Å². The van der Waals surface area contributed by atoms with Crippen molar-refractivity contribution in [3.63, 3.8) is 0 Å². The van der Waals surface area contributed by atoms with Gasteiger partial charge in [0.05, 0.1) is 9.82 Å². The fourth-order valence-electron chi connectivity index (χ4n) is 3.77. The van der Waals surface area contributed by atoms with Gasteiger partial charge in [0, 0.05) is 41.4 Å². The standard InChI is InChI=1S/C28H31N5O7S3/c1-19(34)30-25(14-16-41-2)28(36)31-21-10-8-20(9-11-21)27(35)32-43(39,40)23-12-13-24(26(18-23)33(37)38)29-15-17-42-22-6-4-3-5-7-22/h3-13,18,25,29H,14-17H2,1-2H3,(H,30,34)(H,31,36)(H,32,35)/t25-/m0/s1. The summed E-state index contributed by atoms with van der Waals surface area (Å²) in [5.41, 5.74) is 0.0156. The lowest BCUT2D eigenvalue weighted by molar-refractivity contribution is -0.384. The lowest BCUT2D eigenvalue weighted by atomic mass is 10.1. The van der Waals surface area contributed by atoms with E-state index in [0.717, 1.165) is 11.0 Å². The number of hydrogen-bond acceptors (Lipinski definition) is 10. The maximum Gasteiger partial charge on any atom is 0.293 e. The molecule has 3 aromatic rings. The highest BCUT2D eigenvalue weighted by molar-refractivity contribution is 7.99. The highest BCUT2D eigenvalue weighted by Crippen LogP contribution is 2.28. The van der Waals surface area contributed by atoms with Gasteiger partial charge in [-0.15, -0.1) is 11.8 Å². The van der Waals surface area contributed by atoms with Crippen LogP contribution in [0.5, 0.6) is 0 Å². The summed E-state index contributed by atoms with van der Waals surface area (Å²) in [6.07, 6.45) is 2.31. The summed E-state index contributed by atoms with van der Waals surface area (Å²) >= 11 is 3.10. The van der Waals surface area contributed by atoms with Crippen molar-refractivity contribution in [1.29, 1.82) is 0 Å². The van der Waals surface area contributed by atoms with E-state index in [2.05, 4.69) is 16.0 Å². The summed E-state index contributed by atoms with van der Waals surface area (Å²) in [6.45, 7) is 1.71. The molecule has 0 fully saturated rings. The number of amides is 3. The number of thioether (sulfide) groups is 2. The second-order valence-electron chi connectivity index (χ2n) is 9.06. The van der Waals surface area contributed by atoms with Gasteiger partial charge in [0.1, 0.15) is 11.7 Å². The van der Waals surface area contributed by atoms with E-state index in [1.54, 1.807) is 11.8 Å². The second-order valence-corrected chi connectivity index (χ2v) is 12.9. The van der Waals surface area contributed by atoms with Gasteiger partial charge >= 0.3 is 0 Å². The molecule has 0 heterocycles. The van der Waals surface area contributed by atoms with E-state index < -0.39 is 43.4 Å². The first-order chi connectivity index (χ1) is 20.5. The number of nitrogens with one attached hydrogen (secondary N) is 4. The molecular weight excluding hydrogens is 615 g/mol. The molecule has 0 aliphatic carbocycles. The molecule has 15 heteroatoms. The van der Waals surface area contributed by atoms with Crippen molar-refractivity contribution in [3.05, 3.63) is 88.5 Å². The van der Waals surface area contributed by atoms with Crippen molar-refractivity contribution in [2.45, 2.75) is 29.2 Å². The molecule has 43 heavy (non-hydrogen) atoms. The SMILES string of the molecule is CSCC[C@H](NC(C)=O)C(=O)Nc1ccc(C(=O)NS(=O)(=O)c2ccc(NCCSc3ccccc3)c([N+](=O)[O-])c2)cc1. The molecule has 0 unspecified atom stereocenters. The number of hydrogen-bond donors (Lipinski definition) is 4. The number of benzene rings is 3. The third-order valence-electron chi connectivity index (χ3n) is 5.85. The molecule has 12 nitrogen and oxygen atoms in total. The first-order valence-corrected chi connectivity index (χ1v) is 16.8. The molecule has 1 atom stereocenters. The molecule has 0 saturated carbocycles. The minimum atomic E-state index is -4.45. The van der Waals surface area contributed by atoms with Crippen LogP contribution in [0.1, 0.15) is 23.7 Å². The van der Waals surface area contributed by atoms with Crippen LogP contribution < -0.4 is 20.7 Å². The van der Waals surface area contributed by atoms with Crippen LogP contribution in [0.25, 0.3) is 0 Å². The number of carbonyl (C=O) groups excluding carboxylic acids is 3. The smallest absolute Gasteiger partial charge is 0.293 e. The summed E-state index contributed by atoms with van der Waals surface area (Å²) in [4.78, 5) is 48.4. The Morgan fingerprint density at radius 2 is 1.67 bits per heavy atom. The van der Waals surface area contributed by atoms with E-state index in [9.17, 15) is 32.9 Å². The summed E-state index contributed by atoms with van der Waals surface area (Å²) in [5.74, 6) is -0.463. The Hall–Kier alpha value is -4.08. The molecular formula is C28H31N5O7S3. The minimum absolute atomic E-state index is 0.0222. The average molecular weight is 646 g/mol. The van der Waals surface area contributed by atoms with Crippen LogP contribution in [0.2, 0.25) is 0 Å². The molecule has 0 saturated heterocycles. The van der Waals surface area contributed by atoms with Gasteiger partial charge in [-0.1, -0.05) is 18.2 Å². The van der Waals surface area contributed by atoms with Gasteiger partial charge < -0.3 is 16.0 Å². The fourth-order valence-corrected chi connectivity index (χ4v) is 6.03. The monoisotopic (exact) mass is 645 g/mol. The van der Waals surface area contributed by atoms with Crippen molar-refractivity contribution in [3.8, 4) is 0 Å². The van der Waals surface area contributed by atoms with Gasteiger partial charge in [-0.3, -0.25) is 24.5 Å². The van der Waals surface area contributed by atoms with Gasteiger partial charge in [0.2, 0.25) is 11.8 Å². The van der Waals surface area contributed by atoms with E-state index in [1.807, 2.05) is 41.3 Å². The highest BCUT2D eigenvalue weighted by Gasteiger charge is 2.24. The molecule has 0 aromatic heterocycles. The van der Waals surface area contributed by atoms with Crippen LogP contribution >= 0.6 is 23.5 Å². The predicted molar refractivity (Wildman–Crippen MR) is 169 cm³/mol. The average Bonchev–Trinajstić information content (AvgIpc) is 2.97. The Balaban J connectivity index is 1.63. The number of rotatable bonds is 15. The maximum absolute atomic E-state index is 12.9. The minimum Gasteiger partial charge on any atom is -0.379 e. The van der Waals surface area contributed by atoms with Crippen LogP contribution in [0, 0.1) is 10.1 Å². The summed E-state index contributed by atoms with van der Waals surface area (Å²) in [7, 11) is -4.45. The van der Waals surface area contributed by atoms with Gasteiger partial charge in [0.15, 0.2) is 0 Å². The number of nitrogens with zero attached hydrogens (tertiary/aromatic N) is 1. The van der Waals surface area contributed by atoms with E-state index in [-0.39, 0.29) is 17.2 Å². The van der Waals surface area contributed by atoms with Crippen molar-refractivity contribution in [2.24, 2.45) is 0 Å². The van der Waals surface area contributed by atoms with E-state index in [1.165, 1.54) is 55.1 Å². The molecule has 4 N–H and O–H groups in total. The van der Waals surface area contributed by atoms with Crippen molar-refractivity contribution >= 4 is 68.3 Å². The molecule has 0 aliphatic rings. The second kappa shape index (κ2) is 16.0. The van der Waals surface area contributed by atoms with Crippen molar-refractivity contribution < 1.29 is 27.7 Å². The van der Waals surface area contributed by atoms with Crippen LogP contribution in [0.4, 0.5) is 17.1 Å². The van der Waals surface area contributed by atoms with E-state index in [4.69, 9.17) is 0 Å². The first kappa shape index (κ1) is 33.4. The van der Waals surface area contributed by atoms with Crippen LogP contribution in [-0.2, 0) is 19.6 Å². The molecule has 0 radical (unpaired) electrons. The summed E-state index contributed by atoms with van der Waals surface area (Å²) in [5, 5.41) is 19.9. The van der Waals surface area contributed by atoms with Gasteiger partial charge in [-0.2, -0.15) is 11.8 Å². The number of nitro benzene ring substituents is 1. The number of carbonyl (C=O) groups is 3. The fraction of sp³-hybridized carbons (Fsp3) is 0.250. The molecule has 3 amide bonds. The van der Waals surface area contributed by atoms with Gasteiger partial charge in [-0.05, 0) is 67.0 Å². The Morgan fingerprint density at radius 1 is 0.977 bits per heavy atom. The Kier molecular flexibility index (Phi) is 12.4. The molecule has 0 bridgehead atoms. The zero-order valence-electron chi connectivity index (χ0n) is 23.4. The summed E-state index contributed by atoms with van der Waals surface area (Å²) < 4.78 is 27.7. The first-order valence-electron chi connectivity index (χ1n) is 12.9. The van der Waals surface area contributed by atoms with Crippen molar-refractivity contribution in [1.82, 2.24) is 10.0 Å². The lowest BCUT2D eigenvalue weighted by Crippen LogP contribution is -2.43. The zero-order valence-corrected chi connectivity index (χ0v) is 25.8. The molecule has 3 rings (SSSR count). The summed E-state index contributed by atoms with van der Waals surface area (Å²) in [6, 6.07) is 17.7. The Morgan fingerprint density at radius 3 is 2.30 bits per heavy atom. The van der Waals surface area contributed by atoms with Gasteiger partial charge in [-0.25, -0.2) is 13.1 Å². The van der Waals surface area contributed by atoms with Crippen LogP contribution in [-0.4, -0.2) is 61.4 Å². The van der Waals surface area contributed by atoms with E-state index >= 15 is 0 Å². The number of nitro groups is 1. The third-order valence-corrected chi connectivity index (χ3v) is 8.84. The number of sulfonamides is 1. The normalized spacial score (nSPS) is 11.7. The topological polar surface area (TPSA) is 177 Å². The number of anilines is 2. The quantitative estimate of drug-likeness (QED) is 0.0814. The van der Waals surface area contributed by atoms with Crippen molar-refractivity contribution in [2.75, 3.05) is 34.9 Å². The Bertz CT molecular complexity index is 1550. The highest BCUT2D eigenvalue weighted by atomic mass is 32.2. The third kappa shape index (κ3) is 10.3.